The van der Waals surface area contributed by atoms with Gasteiger partial charge in [-0.15, -0.1) is 0 Å². The highest BCUT2D eigenvalue weighted by Crippen LogP contribution is 2.35. The normalized spacial score (nSPS) is 20.5. The fourth-order valence-electron chi connectivity index (χ4n) is 3.17. The van der Waals surface area contributed by atoms with Crippen molar-refractivity contribution in [2.24, 2.45) is 0 Å². The standard InChI is InChI=1S/C20H26N5O3PS2/c1-14(7-25-12-24-18-19(21)22-11-23-20(18)25)27-13-29-28-17-10-31-30-9-16(17)26-8-15-5-3-2-4-6-15/h2-6,11-12,14,16-17,29H,7-10,13H2,1H3,(H2,21,22,23)/t14?,16-,17+/m1/s1. The molecule has 0 aliphatic carbocycles. The third-order valence-electron chi connectivity index (χ3n) is 4.81. The third kappa shape index (κ3) is 6.31. The Morgan fingerprint density at radius 2 is 1.97 bits per heavy atom. The van der Waals surface area contributed by atoms with Gasteiger partial charge in [-0.25, -0.2) is 15.0 Å². The van der Waals surface area contributed by atoms with Crippen molar-refractivity contribution in [3.8, 4) is 0 Å². The molecule has 2 unspecified atom stereocenters. The smallest absolute Gasteiger partial charge is 0.165 e. The maximum Gasteiger partial charge on any atom is 0.165 e. The van der Waals surface area contributed by atoms with Crippen LogP contribution in [0.4, 0.5) is 5.82 Å². The molecule has 1 aliphatic rings. The lowest BCUT2D eigenvalue weighted by atomic mass is 10.2. The van der Waals surface area contributed by atoms with Crippen molar-refractivity contribution in [2.45, 2.75) is 38.4 Å². The third-order valence-corrected chi connectivity index (χ3v) is 7.98. The fourth-order valence-corrected chi connectivity index (χ4v) is 6.59. The second-order valence-electron chi connectivity index (χ2n) is 7.15. The van der Waals surface area contributed by atoms with Gasteiger partial charge >= 0.3 is 0 Å². The minimum absolute atomic E-state index is 0.00824. The first kappa shape index (κ1) is 22.8. The molecule has 2 aromatic heterocycles. The SMILES string of the molecule is CC(Cn1cnc2c(N)ncnc21)OCPO[C@H]1CSSC[C@H]1OCc1ccccc1. The van der Waals surface area contributed by atoms with Crippen molar-refractivity contribution >= 4 is 47.4 Å². The summed E-state index contributed by atoms with van der Waals surface area (Å²) in [5.41, 5.74) is 8.37. The summed E-state index contributed by atoms with van der Waals surface area (Å²) in [5, 5.41) is 0. The van der Waals surface area contributed by atoms with Crippen LogP contribution >= 0.6 is 30.4 Å². The first-order valence-corrected chi connectivity index (χ1v) is 13.6. The van der Waals surface area contributed by atoms with Crippen LogP contribution in [-0.4, -0.2) is 55.7 Å². The van der Waals surface area contributed by atoms with E-state index in [1.54, 1.807) is 6.33 Å². The van der Waals surface area contributed by atoms with Crippen molar-refractivity contribution in [1.82, 2.24) is 19.5 Å². The first-order chi connectivity index (χ1) is 15.2. The zero-order chi connectivity index (χ0) is 21.5. The van der Waals surface area contributed by atoms with Gasteiger partial charge in [0.15, 0.2) is 11.5 Å². The molecule has 1 saturated heterocycles. The van der Waals surface area contributed by atoms with Gasteiger partial charge in [0.05, 0.1) is 44.1 Å². The number of imidazole rings is 1. The monoisotopic (exact) mass is 479 g/mol. The fraction of sp³-hybridized carbons (Fsp3) is 0.450. The van der Waals surface area contributed by atoms with Crippen molar-refractivity contribution in [3.05, 3.63) is 48.5 Å². The number of benzene rings is 1. The topological polar surface area (TPSA) is 97.3 Å². The summed E-state index contributed by atoms with van der Waals surface area (Å²) in [4.78, 5) is 12.5. The predicted molar refractivity (Wildman–Crippen MR) is 128 cm³/mol. The van der Waals surface area contributed by atoms with Crippen LogP contribution in [0.2, 0.25) is 0 Å². The van der Waals surface area contributed by atoms with Crippen LogP contribution in [0.15, 0.2) is 43.0 Å². The predicted octanol–water partition coefficient (Wildman–Crippen LogP) is 3.73. The molecule has 3 aromatic rings. The zero-order valence-electron chi connectivity index (χ0n) is 17.2. The van der Waals surface area contributed by atoms with E-state index in [4.69, 9.17) is 19.7 Å². The summed E-state index contributed by atoms with van der Waals surface area (Å²) >= 11 is 0. The minimum atomic E-state index is -0.00824. The highest BCUT2D eigenvalue weighted by Gasteiger charge is 2.28. The van der Waals surface area contributed by atoms with E-state index < -0.39 is 0 Å². The number of nitrogens with two attached hydrogens (primary N) is 1. The van der Waals surface area contributed by atoms with Crippen molar-refractivity contribution in [2.75, 3.05) is 23.6 Å². The van der Waals surface area contributed by atoms with Gasteiger partial charge in [-0.2, -0.15) is 0 Å². The van der Waals surface area contributed by atoms with Gasteiger partial charge in [0.2, 0.25) is 0 Å². The van der Waals surface area contributed by atoms with E-state index in [0.29, 0.717) is 30.8 Å². The molecule has 2 N–H and O–H groups in total. The van der Waals surface area contributed by atoms with Gasteiger partial charge < -0.3 is 24.3 Å². The lowest BCUT2D eigenvalue weighted by molar-refractivity contribution is -0.00910. The van der Waals surface area contributed by atoms with E-state index in [-0.39, 0.29) is 27.1 Å². The van der Waals surface area contributed by atoms with Crippen LogP contribution < -0.4 is 5.73 Å². The van der Waals surface area contributed by atoms with E-state index in [2.05, 4.69) is 27.1 Å². The molecule has 3 heterocycles. The van der Waals surface area contributed by atoms with E-state index in [1.165, 1.54) is 11.9 Å². The van der Waals surface area contributed by atoms with Crippen molar-refractivity contribution in [3.63, 3.8) is 0 Å². The number of fused-ring (bicyclic) bond motifs is 1. The second-order valence-corrected chi connectivity index (χ2v) is 10.5. The van der Waals surface area contributed by atoms with E-state index in [0.717, 1.165) is 17.2 Å². The van der Waals surface area contributed by atoms with Crippen molar-refractivity contribution in [1.29, 1.82) is 0 Å². The number of nitrogens with zero attached hydrogens (tertiary/aromatic N) is 4. The number of anilines is 1. The van der Waals surface area contributed by atoms with Crippen LogP contribution in [0.25, 0.3) is 11.2 Å². The first-order valence-electron chi connectivity index (χ1n) is 10.0. The molecular weight excluding hydrogens is 453 g/mol. The number of nitrogen functional groups attached to an aromatic ring is 1. The average Bonchev–Trinajstić information content (AvgIpc) is 3.20. The van der Waals surface area contributed by atoms with Crippen molar-refractivity contribution < 1.29 is 14.0 Å². The molecule has 1 fully saturated rings. The Morgan fingerprint density at radius 1 is 1.16 bits per heavy atom. The Labute approximate surface area is 191 Å². The lowest BCUT2D eigenvalue weighted by Crippen LogP contribution is -2.36. The molecule has 166 valence electrons. The van der Waals surface area contributed by atoms with E-state index in [9.17, 15) is 0 Å². The van der Waals surface area contributed by atoms with Crippen LogP contribution in [0, 0.1) is 0 Å². The summed E-state index contributed by atoms with van der Waals surface area (Å²) in [6, 6.07) is 10.3. The molecule has 0 radical (unpaired) electrons. The average molecular weight is 480 g/mol. The summed E-state index contributed by atoms with van der Waals surface area (Å²) in [5.74, 6) is 2.25. The molecule has 8 nitrogen and oxygen atoms in total. The van der Waals surface area contributed by atoms with E-state index in [1.807, 2.05) is 51.3 Å². The maximum absolute atomic E-state index is 6.15. The Morgan fingerprint density at radius 3 is 2.81 bits per heavy atom. The van der Waals surface area contributed by atoms with Gasteiger partial charge in [0.1, 0.15) is 11.8 Å². The Bertz CT molecular complexity index is 964. The van der Waals surface area contributed by atoms with E-state index >= 15 is 0 Å². The Balaban J connectivity index is 1.20. The molecular formula is C20H26N5O3PS2. The second kappa shape index (κ2) is 11.4. The number of aromatic nitrogens is 4. The minimum Gasteiger partial charge on any atom is -0.382 e. The number of hydrogen-bond acceptors (Lipinski definition) is 9. The molecule has 0 saturated carbocycles. The van der Waals surface area contributed by atoms with Gasteiger partial charge in [0.25, 0.3) is 0 Å². The maximum atomic E-state index is 6.15. The van der Waals surface area contributed by atoms with Crippen LogP contribution in [0.3, 0.4) is 0 Å². The molecule has 1 aliphatic heterocycles. The summed E-state index contributed by atoms with van der Waals surface area (Å²) < 4.78 is 20.2. The Kier molecular flexibility index (Phi) is 8.40. The molecule has 0 bridgehead atoms. The highest BCUT2D eigenvalue weighted by molar-refractivity contribution is 8.76. The van der Waals surface area contributed by atoms with Gasteiger partial charge in [-0.05, 0) is 12.5 Å². The van der Waals surface area contributed by atoms with Gasteiger partial charge in [-0.3, -0.25) is 0 Å². The quantitative estimate of drug-likeness (QED) is 0.265. The molecule has 4 atom stereocenters. The molecule has 0 spiro atoms. The molecule has 1 aromatic carbocycles. The largest absolute Gasteiger partial charge is 0.382 e. The molecule has 0 amide bonds. The summed E-state index contributed by atoms with van der Waals surface area (Å²) in [6.07, 6.45) is 3.90. The molecule has 11 heteroatoms. The summed E-state index contributed by atoms with van der Waals surface area (Å²) in [6.45, 7) is 3.27. The van der Waals surface area contributed by atoms with Crippen LogP contribution in [0.5, 0.6) is 0 Å². The van der Waals surface area contributed by atoms with Gasteiger partial charge in [0, 0.05) is 20.3 Å². The molecule has 4 rings (SSSR count). The van der Waals surface area contributed by atoms with Crippen LogP contribution in [-0.2, 0) is 27.1 Å². The summed E-state index contributed by atoms with van der Waals surface area (Å²) in [7, 11) is 3.95. The Hall–Kier alpha value is -1.42. The molecule has 31 heavy (non-hydrogen) atoms. The number of rotatable bonds is 10. The number of ether oxygens (including phenoxy) is 2. The van der Waals surface area contributed by atoms with Gasteiger partial charge in [-0.1, -0.05) is 51.9 Å². The van der Waals surface area contributed by atoms with Crippen LogP contribution in [0.1, 0.15) is 12.5 Å². The zero-order valence-corrected chi connectivity index (χ0v) is 19.8. The highest BCUT2D eigenvalue weighted by atomic mass is 33.1. The number of hydrogen-bond donors (Lipinski definition) is 1. The lowest BCUT2D eigenvalue weighted by Gasteiger charge is -2.30.